The van der Waals surface area contributed by atoms with Gasteiger partial charge in [0.05, 0.1) is 5.56 Å². The van der Waals surface area contributed by atoms with Crippen molar-refractivity contribution in [1.29, 1.82) is 0 Å². The van der Waals surface area contributed by atoms with E-state index in [0.717, 1.165) is 17.2 Å². The van der Waals surface area contributed by atoms with E-state index in [0.29, 0.717) is 17.1 Å². The third kappa shape index (κ3) is 3.80. The molecular formula is C18H17FN4O6. The molecule has 0 saturated carbocycles. The summed E-state index contributed by atoms with van der Waals surface area (Å²) in [5.74, 6) is -2.60. The van der Waals surface area contributed by atoms with Gasteiger partial charge in [-0.3, -0.25) is 24.6 Å². The molecule has 3 N–H and O–H groups in total. The van der Waals surface area contributed by atoms with Gasteiger partial charge in [0.2, 0.25) is 6.79 Å². The first-order chi connectivity index (χ1) is 13.9. The second-order valence-corrected chi connectivity index (χ2v) is 6.03. The molecule has 11 heteroatoms. The van der Waals surface area contributed by atoms with Crippen LogP contribution in [0.1, 0.15) is 10.4 Å². The van der Waals surface area contributed by atoms with Crippen LogP contribution in [0.25, 0.3) is 11.3 Å². The third-order valence-electron chi connectivity index (χ3n) is 4.30. The molecule has 0 fully saturated rings. The number of carbonyl (C=O) groups excluding carboxylic acids is 3. The van der Waals surface area contributed by atoms with Crippen molar-refractivity contribution in [3.05, 3.63) is 41.8 Å². The normalized spacial score (nSPS) is 12.8. The lowest BCUT2D eigenvalue weighted by Gasteiger charge is -2.25. The van der Waals surface area contributed by atoms with E-state index in [1.807, 2.05) is 0 Å². The van der Waals surface area contributed by atoms with E-state index in [-0.39, 0.29) is 18.1 Å². The molecule has 0 spiro atoms. The van der Waals surface area contributed by atoms with Gasteiger partial charge in [-0.25, -0.2) is 9.87 Å². The predicted octanol–water partition coefficient (Wildman–Crippen LogP) is 0.308. The Labute approximate surface area is 164 Å². The zero-order valence-corrected chi connectivity index (χ0v) is 15.4. The molecule has 3 amide bonds. The first kappa shape index (κ1) is 20.0. The standard InChI is InChI=1S/C18H17FN4O6/c1-20-16(24)15(17(25)22-27)23(2)18(26)10-5-11(19)14(21-7-10)9-3-4-12-13(6-9)29-8-28-12/h3-7,15,27H,8H2,1-2H3,(H,20,24)(H,22,25). The van der Waals surface area contributed by atoms with Gasteiger partial charge >= 0.3 is 0 Å². The van der Waals surface area contributed by atoms with Crippen LogP contribution in [0.4, 0.5) is 4.39 Å². The highest BCUT2D eigenvalue weighted by Gasteiger charge is 2.34. The molecule has 10 nitrogen and oxygen atoms in total. The Kier molecular flexibility index (Phi) is 5.59. The van der Waals surface area contributed by atoms with Gasteiger partial charge < -0.3 is 19.7 Å². The van der Waals surface area contributed by atoms with Crippen molar-refractivity contribution in [2.75, 3.05) is 20.9 Å². The topological polar surface area (TPSA) is 130 Å². The summed E-state index contributed by atoms with van der Waals surface area (Å²) in [7, 11) is 2.43. The monoisotopic (exact) mass is 404 g/mol. The van der Waals surface area contributed by atoms with Crippen LogP contribution in [-0.4, -0.2) is 59.7 Å². The fourth-order valence-corrected chi connectivity index (χ4v) is 2.80. The van der Waals surface area contributed by atoms with Crippen molar-refractivity contribution >= 4 is 17.7 Å². The Morgan fingerprint density at radius 1 is 1.21 bits per heavy atom. The van der Waals surface area contributed by atoms with Gasteiger partial charge in [-0.05, 0) is 24.3 Å². The quantitative estimate of drug-likeness (QED) is 0.371. The molecule has 0 aliphatic carbocycles. The van der Waals surface area contributed by atoms with Crippen LogP contribution in [0.5, 0.6) is 11.5 Å². The van der Waals surface area contributed by atoms with Crippen molar-refractivity contribution in [2.45, 2.75) is 6.04 Å². The molecule has 0 radical (unpaired) electrons. The molecule has 3 rings (SSSR count). The maximum Gasteiger partial charge on any atom is 0.275 e. The number of hydrogen-bond acceptors (Lipinski definition) is 7. The van der Waals surface area contributed by atoms with E-state index in [1.54, 1.807) is 18.2 Å². The van der Waals surface area contributed by atoms with E-state index in [9.17, 15) is 18.8 Å². The minimum Gasteiger partial charge on any atom is -0.454 e. The van der Waals surface area contributed by atoms with Crippen molar-refractivity contribution in [2.24, 2.45) is 0 Å². The van der Waals surface area contributed by atoms with Gasteiger partial charge in [0.25, 0.3) is 17.7 Å². The summed E-state index contributed by atoms with van der Waals surface area (Å²) < 4.78 is 25.1. The summed E-state index contributed by atoms with van der Waals surface area (Å²) in [5.41, 5.74) is 1.54. The fourth-order valence-electron chi connectivity index (χ4n) is 2.80. The molecule has 0 saturated heterocycles. The number of hydrogen-bond donors (Lipinski definition) is 3. The summed E-state index contributed by atoms with van der Waals surface area (Å²) >= 11 is 0. The van der Waals surface area contributed by atoms with E-state index >= 15 is 0 Å². The molecule has 29 heavy (non-hydrogen) atoms. The first-order valence-electron chi connectivity index (χ1n) is 8.35. The molecule has 152 valence electrons. The van der Waals surface area contributed by atoms with E-state index in [4.69, 9.17) is 14.7 Å². The van der Waals surface area contributed by atoms with Gasteiger partial charge in [0.15, 0.2) is 17.5 Å². The summed E-state index contributed by atoms with van der Waals surface area (Å²) in [6.45, 7) is 0.0718. The smallest absolute Gasteiger partial charge is 0.275 e. The van der Waals surface area contributed by atoms with E-state index in [2.05, 4.69) is 10.3 Å². The maximum atomic E-state index is 14.7. The third-order valence-corrected chi connectivity index (χ3v) is 4.30. The summed E-state index contributed by atoms with van der Waals surface area (Å²) in [5, 5.41) is 11.0. The highest BCUT2D eigenvalue weighted by atomic mass is 19.1. The Balaban J connectivity index is 1.88. The number of halogens is 1. The number of hydroxylamine groups is 1. The Hall–Kier alpha value is -3.73. The Morgan fingerprint density at radius 3 is 2.59 bits per heavy atom. The molecule has 0 bridgehead atoms. The van der Waals surface area contributed by atoms with Gasteiger partial charge in [-0.2, -0.15) is 0 Å². The predicted molar refractivity (Wildman–Crippen MR) is 95.6 cm³/mol. The number of pyridine rings is 1. The summed E-state index contributed by atoms with van der Waals surface area (Å²) in [6.07, 6.45) is 1.12. The van der Waals surface area contributed by atoms with Crippen molar-refractivity contribution < 1.29 is 33.5 Å². The fraction of sp³-hybridized carbons (Fsp3) is 0.222. The highest BCUT2D eigenvalue weighted by Crippen LogP contribution is 2.36. The lowest BCUT2D eigenvalue weighted by Crippen LogP contribution is -2.54. The Morgan fingerprint density at radius 2 is 1.93 bits per heavy atom. The molecule has 1 aromatic heterocycles. The van der Waals surface area contributed by atoms with Gasteiger partial charge in [-0.1, -0.05) is 0 Å². The number of amides is 3. The van der Waals surface area contributed by atoms with Crippen molar-refractivity contribution in [1.82, 2.24) is 20.7 Å². The van der Waals surface area contributed by atoms with Crippen LogP contribution in [0.2, 0.25) is 0 Å². The van der Waals surface area contributed by atoms with Crippen LogP contribution < -0.4 is 20.3 Å². The number of nitrogens with zero attached hydrogens (tertiary/aromatic N) is 2. The molecule has 1 aliphatic heterocycles. The first-order valence-corrected chi connectivity index (χ1v) is 8.35. The maximum absolute atomic E-state index is 14.7. The number of aromatic nitrogens is 1. The van der Waals surface area contributed by atoms with Crippen LogP contribution in [0.15, 0.2) is 30.5 Å². The molecule has 1 aromatic carbocycles. The zero-order chi connectivity index (χ0) is 21.1. The molecule has 1 atom stereocenters. The number of fused-ring (bicyclic) bond motifs is 1. The number of carbonyl (C=O) groups is 3. The SMILES string of the molecule is CNC(=O)C(C(=O)NO)N(C)C(=O)c1cnc(-c2ccc3c(c2)OCO3)c(F)c1. The van der Waals surface area contributed by atoms with Crippen molar-refractivity contribution in [3.8, 4) is 22.8 Å². The van der Waals surface area contributed by atoms with Crippen molar-refractivity contribution in [3.63, 3.8) is 0 Å². The highest BCUT2D eigenvalue weighted by molar-refractivity contribution is 6.08. The molecule has 1 aliphatic rings. The molecular weight excluding hydrogens is 387 g/mol. The van der Waals surface area contributed by atoms with Crippen LogP contribution >= 0.6 is 0 Å². The number of rotatable bonds is 5. The second-order valence-electron chi connectivity index (χ2n) is 6.03. The number of nitrogens with one attached hydrogen (secondary N) is 2. The average Bonchev–Trinajstić information content (AvgIpc) is 3.20. The lowest BCUT2D eigenvalue weighted by molar-refractivity contribution is -0.140. The van der Waals surface area contributed by atoms with Gasteiger partial charge in [0, 0.05) is 25.9 Å². The molecule has 1 unspecified atom stereocenters. The van der Waals surface area contributed by atoms with Gasteiger partial charge in [-0.15, -0.1) is 0 Å². The summed E-state index contributed by atoms with van der Waals surface area (Å²) in [6, 6.07) is 4.07. The van der Waals surface area contributed by atoms with E-state index in [1.165, 1.54) is 19.6 Å². The zero-order valence-electron chi connectivity index (χ0n) is 15.4. The second kappa shape index (κ2) is 8.10. The minimum absolute atomic E-state index is 0.0153. The summed E-state index contributed by atoms with van der Waals surface area (Å²) in [4.78, 5) is 41.0. The van der Waals surface area contributed by atoms with Gasteiger partial charge in [0.1, 0.15) is 11.5 Å². The molecule has 2 aromatic rings. The van der Waals surface area contributed by atoms with Crippen LogP contribution in [0.3, 0.4) is 0 Å². The lowest BCUT2D eigenvalue weighted by atomic mass is 10.1. The number of ether oxygens (including phenoxy) is 2. The number of likely N-dealkylation sites (N-methyl/N-ethyl adjacent to an activating group) is 2. The van der Waals surface area contributed by atoms with E-state index < -0.39 is 29.6 Å². The number of benzene rings is 1. The Bertz CT molecular complexity index is 967. The largest absolute Gasteiger partial charge is 0.454 e. The van der Waals surface area contributed by atoms with Crippen LogP contribution in [-0.2, 0) is 9.59 Å². The molecule has 2 heterocycles. The van der Waals surface area contributed by atoms with Crippen LogP contribution in [0, 0.1) is 5.82 Å². The average molecular weight is 404 g/mol. The minimum atomic E-state index is -1.66.